The standard InChI is InChI=1S/C14H21NO2.2C2H6/c1-10(2)13(15(3)4)11-6-8-12(9-7-11)14(16)17-5;2*1-2/h6-10,13H,1-5H3;2*1-2H3/t13-;;/m1../s1. The third-order valence-corrected chi connectivity index (χ3v) is 2.86. The van der Waals surface area contributed by atoms with Gasteiger partial charge in [0.05, 0.1) is 12.7 Å². The van der Waals surface area contributed by atoms with Crippen molar-refractivity contribution in [2.45, 2.75) is 47.6 Å². The summed E-state index contributed by atoms with van der Waals surface area (Å²) in [5, 5.41) is 0. The summed E-state index contributed by atoms with van der Waals surface area (Å²) in [5.74, 6) is 0.233. The Balaban J connectivity index is 0. The Morgan fingerprint density at radius 3 is 1.71 bits per heavy atom. The normalized spacial score (nSPS) is 11.0. The molecule has 3 nitrogen and oxygen atoms in total. The summed E-state index contributed by atoms with van der Waals surface area (Å²) in [6, 6.07) is 8.00. The van der Waals surface area contributed by atoms with Crippen molar-refractivity contribution in [1.82, 2.24) is 4.90 Å². The van der Waals surface area contributed by atoms with Crippen LogP contribution in [0.1, 0.15) is 63.5 Å². The Morgan fingerprint density at radius 1 is 1.00 bits per heavy atom. The number of benzene rings is 1. The van der Waals surface area contributed by atoms with Gasteiger partial charge in [0.1, 0.15) is 0 Å². The van der Waals surface area contributed by atoms with E-state index in [0.717, 1.165) is 0 Å². The molecule has 0 saturated carbocycles. The van der Waals surface area contributed by atoms with Gasteiger partial charge in [-0.1, -0.05) is 53.7 Å². The van der Waals surface area contributed by atoms with Crippen molar-refractivity contribution in [3.8, 4) is 0 Å². The molecule has 1 atom stereocenters. The molecule has 0 heterocycles. The van der Waals surface area contributed by atoms with E-state index in [9.17, 15) is 4.79 Å². The molecule has 0 amide bonds. The zero-order valence-corrected chi connectivity index (χ0v) is 15.2. The summed E-state index contributed by atoms with van der Waals surface area (Å²) >= 11 is 0. The van der Waals surface area contributed by atoms with E-state index in [0.29, 0.717) is 17.5 Å². The van der Waals surface area contributed by atoms with E-state index in [1.807, 2.05) is 52.0 Å². The van der Waals surface area contributed by atoms with Crippen LogP contribution in [-0.4, -0.2) is 32.1 Å². The molecular formula is C18H33NO2. The van der Waals surface area contributed by atoms with Crippen molar-refractivity contribution in [1.29, 1.82) is 0 Å². The molecule has 0 aliphatic carbocycles. The predicted octanol–water partition coefficient (Wildman–Crippen LogP) is 4.78. The van der Waals surface area contributed by atoms with Crippen LogP contribution in [-0.2, 0) is 4.74 Å². The summed E-state index contributed by atoms with van der Waals surface area (Å²) in [6.45, 7) is 12.4. The SMILES string of the molecule is CC.CC.COC(=O)c1ccc([C@@H](C(C)C)N(C)C)cc1. The van der Waals surface area contributed by atoms with Gasteiger partial charge in [-0.15, -0.1) is 0 Å². The van der Waals surface area contributed by atoms with E-state index < -0.39 is 0 Å². The molecule has 1 rings (SSSR count). The summed E-state index contributed by atoms with van der Waals surface area (Å²) in [5.41, 5.74) is 1.81. The molecule has 0 aromatic heterocycles. The molecule has 0 unspecified atom stereocenters. The molecular weight excluding hydrogens is 262 g/mol. The molecule has 1 aromatic rings. The van der Waals surface area contributed by atoms with Crippen molar-refractivity contribution in [3.63, 3.8) is 0 Å². The Morgan fingerprint density at radius 2 is 1.43 bits per heavy atom. The van der Waals surface area contributed by atoms with Crippen LogP contribution in [0.3, 0.4) is 0 Å². The molecule has 122 valence electrons. The fourth-order valence-electron chi connectivity index (χ4n) is 2.21. The first-order chi connectivity index (χ1) is 9.97. The summed E-state index contributed by atoms with van der Waals surface area (Å²) in [6.07, 6.45) is 0. The average molecular weight is 295 g/mol. The third-order valence-electron chi connectivity index (χ3n) is 2.86. The van der Waals surface area contributed by atoms with Crippen molar-refractivity contribution in [2.75, 3.05) is 21.2 Å². The highest BCUT2D eigenvalue weighted by molar-refractivity contribution is 5.89. The lowest BCUT2D eigenvalue weighted by Gasteiger charge is -2.28. The van der Waals surface area contributed by atoms with Crippen LogP contribution in [0.4, 0.5) is 0 Å². The number of rotatable bonds is 4. The van der Waals surface area contributed by atoms with Crippen LogP contribution in [0, 0.1) is 5.92 Å². The second kappa shape index (κ2) is 12.4. The zero-order valence-electron chi connectivity index (χ0n) is 15.2. The lowest BCUT2D eigenvalue weighted by Crippen LogP contribution is -2.24. The fourth-order valence-corrected chi connectivity index (χ4v) is 2.21. The maximum Gasteiger partial charge on any atom is 0.337 e. The number of ether oxygens (including phenoxy) is 1. The van der Waals surface area contributed by atoms with E-state index in [1.54, 1.807) is 0 Å². The minimum Gasteiger partial charge on any atom is -0.465 e. The first kappa shape index (κ1) is 21.9. The van der Waals surface area contributed by atoms with Crippen LogP contribution in [0.25, 0.3) is 0 Å². The highest BCUT2D eigenvalue weighted by Crippen LogP contribution is 2.26. The van der Waals surface area contributed by atoms with Gasteiger partial charge in [-0.2, -0.15) is 0 Å². The molecule has 0 radical (unpaired) electrons. The highest BCUT2D eigenvalue weighted by Gasteiger charge is 2.18. The second-order valence-electron chi connectivity index (χ2n) is 4.77. The average Bonchev–Trinajstić information content (AvgIpc) is 2.50. The number of carbonyl (C=O) groups excluding carboxylic acids is 1. The van der Waals surface area contributed by atoms with E-state index in [1.165, 1.54) is 12.7 Å². The first-order valence-electron chi connectivity index (χ1n) is 7.82. The summed E-state index contributed by atoms with van der Waals surface area (Å²) in [4.78, 5) is 13.5. The van der Waals surface area contributed by atoms with Gasteiger partial charge in [-0.25, -0.2) is 4.79 Å². The predicted molar refractivity (Wildman–Crippen MR) is 91.7 cm³/mol. The lowest BCUT2D eigenvalue weighted by atomic mass is 9.94. The molecule has 0 aliphatic heterocycles. The highest BCUT2D eigenvalue weighted by atomic mass is 16.5. The number of nitrogens with zero attached hydrogens (tertiary/aromatic N) is 1. The van der Waals surface area contributed by atoms with Crippen molar-refractivity contribution >= 4 is 5.97 Å². The van der Waals surface area contributed by atoms with Gasteiger partial charge in [0, 0.05) is 6.04 Å². The van der Waals surface area contributed by atoms with Crippen molar-refractivity contribution < 1.29 is 9.53 Å². The van der Waals surface area contributed by atoms with Gasteiger partial charge in [0.25, 0.3) is 0 Å². The lowest BCUT2D eigenvalue weighted by molar-refractivity contribution is 0.0600. The van der Waals surface area contributed by atoms with Gasteiger partial charge in [0.15, 0.2) is 0 Å². The van der Waals surface area contributed by atoms with E-state index in [-0.39, 0.29) is 5.97 Å². The number of hydrogen-bond acceptors (Lipinski definition) is 3. The quantitative estimate of drug-likeness (QED) is 0.748. The molecule has 3 heteroatoms. The molecule has 0 spiro atoms. The second-order valence-corrected chi connectivity index (χ2v) is 4.77. The van der Waals surface area contributed by atoms with Crippen molar-refractivity contribution in [2.24, 2.45) is 5.92 Å². The monoisotopic (exact) mass is 295 g/mol. The maximum atomic E-state index is 11.3. The van der Waals surface area contributed by atoms with Gasteiger partial charge < -0.3 is 9.64 Å². The Hall–Kier alpha value is -1.35. The molecule has 1 aromatic carbocycles. The number of methoxy groups -OCH3 is 1. The van der Waals surface area contributed by atoms with E-state index in [4.69, 9.17) is 0 Å². The smallest absolute Gasteiger partial charge is 0.337 e. The molecule has 0 saturated heterocycles. The summed E-state index contributed by atoms with van der Waals surface area (Å²) < 4.78 is 4.68. The molecule has 0 bridgehead atoms. The number of esters is 1. The van der Waals surface area contributed by atoms with Gasteiger partial charge in [-0.3, -0.25) is 0 Å². The van der Waals surface area contributed by atoms with Crippen LogP contribution in [0.15, 0.2) is 24.3 Å². The van der Waals surface area contributed by atoms with Crippen LogP contribution in [0.2, 0.25) is 0 Å². The summed E-state index contributed by atoms with van der Waals surface area (Å²) in [7, 11) is 5.53. The largest absolute Gasteiger partial charge is 0.465 e. The molecule has 0 aliphatic rings. The number of hydrogen-bond donors (Lipinski definition) is 0. The van der Waals surface area contributed by atoms with Gasteiger partial charge in [0.2, 0.25) is 0 Å². The molecule has 0 N–H and O–H groups in total. The minimum atomic E-state index is -0.289. The van der Waals surface area contributed by atoms with Crippen LogP contribution < -0.4 is 0 Å². The zero-order chi connectivity index (χ0) is 17.0. The van der Waals surface area contributed by atoms with E-state index in [2.05, 4.69) is 37.6 Å². The third kappa shape index (κ3) is 7.28. The Labute approximate surface area is 131 Å². The van der Waals surface area contributed by atoms with Gasteiger partial charge >= 0.3 is 5.97 Å². The number of carbonyl (C=O) groups is 1. The molecule has 0 fully saturated rings. The first-order valence-corrected chi connectivity index (χ1v) is 7.82. The maximum absolute atomic E-state index is 11.3. The molecule has 21 heavy (non-hydrogen) atoms. The van der Waals surface area contributed by atoms with Gasteiger partial charge in [-0.05, 0) is 37.7 Å². The van der Waals surface area contributed by atoms with Crippen LogP contribution in [0.5, 0.6) is 0 Å². The fraction of sp³-hybridized carbons (Fsp3) is 0.611. The Kier molecular flexibility index (Phi) is 12.9. The van der Waals surface area contributed by atoms with Crippen LogP contribution >= 0.6 is 0 Å². The Bertz CT molecular complexity index is 361. The minimum absolute atomic E-state index is 0.289. The topological polar surface area (TPSA) is 29.5 Å². The van der Waals surface area contributed by atoms with E-state index >= 15 is 0 Å². The van der Waals surface area contributed by atoms with Crippen molar-refractivity contribution in [3.05, 3.63) is 35.4 Å².